The van der Waals surface area contributed by atoms with Crippen molar-refractivity contribution in [2.24, 2.45) is 5.92 Å². The summed E-state index contributed by atoms with van der Waals surface area (Å²) in [6, 6.07) is 16.1. The molecule has 1 aliphatic heterocycles. The van der Waals surface area contributed by atoms with Crippen LogP contribution in [0.1, 0.15) is 36.9 Å². The maximum absolute atomic E-state index is 13.6. The van der Waals surface area contributed by atoms with Gasteiger partial charge in [0.1, 0.15) is 11.5 Å². The summed E-state index contributed by atoms with van der Waals surface area (Å²) in [6.07, 6.45) is 0. The van der Waals surface area contributed by atoms with Gasteiger partial charge in [0.05, 0.1) is 26.2 Å². The molecule has 1 saturated heterocycles. The number of hydrogen-bond donors (Lipinski definition) is 0. The predicted octanol–water partition coefficient (Wildman–Crippen LogP) is 3.96. The number of ether oxygens (including phenoxy) is 2. The molecule has 156 valence electrons. The number of amides is 1. The Kier molecular flexibility index (Phi) is 6.80. The van der Waals surface area contributed by atoms with E-state index in [4.69, 9.17) is 9.47 Å². The van der Waals surface area contributed by atoms with Crippen molar-refractivity contribution in [2.75, 3.05) is 40.9 Å². The number of para-hydroxylation sites is 1. The van der Waals surface area contributed by atoms with Gasteiger partial charge in [-0.2, -0.15) is 0 Å². The number of likely N-dealkylation sites (N-methyl/N-ethyl adjacent to an activating group) is 1. The second-order valence-electron chi connectivity index (χ2n) is 8.02. The van der Waals surface area contributed by atoms with Gasteiger partial charge in [-0.05, 0) is 36.7 Å². The lowest BCUT2D eigenvalue weighted by atomic mass is 9.86. The molecule has 0 radical (unpaired) electrons. The van der Waals surface area contributed by atoms with Crippen LogP contribution in [-0.2, 0) is 4.79 Å². The number of nitrogens with zero attached hydrogens (tertiary/aromatic N) is 2. The van der Waals surface area contributed by atoms with E-state index in [-0.39, 0.29) is 23.8 Å². The van der Waals surface area contributed by atoms with Crippen LogP contribution in [0.4, 0.5) is 0 Å². The zero-order valence-corrected chi connectivity index (χ0v) is 18.1. The Morgan fingerprint density at radius 2 is 1.69 bits per heavy atom. The van der Waals surface area contributed by atoms with Gasteiger partial charge < -0.3 is 14.4 Å². The molecule has 0 aromatic heterocycles. The molecule has 1 heterocycles. The van der Waals surface area contributed by atoms with Crippen molar-refractivity contribution in [1.82, 2.24) is 9.80 Å². The highest BCUT2D eigenvalue weighted by Gasteiger charge is 2.34. The molecular weight excluding hydrogens is 364 g/mol. The number of carbonyl (C=O) groups is 1. The van der Waals surface area contributed by atoms with Crippen molar-refractivity contribution in [3.8, 4) is 11.5 Å². The molecule has 2 atom stereocenters. The summed E-state index contributed by atoms with van der Waals surface area (Å²) in [7, 11) is 5.47. The van der Waals surface area contributed by atoms with Crippen molar-refractivity contribution >= 4 is 5.91 Å². The van der Waals surface area contributed by atoms with Crippen LogP contribution < -0.4 is 9.47 Å². The second kappa shape index (κ2) is 9.31. The first-order chi connectivity index (χ1) is 14.0. The molecule has 0 spiro atoms. The third-order valence-corrected chi connectivity index (χ3v) is 5.87. The summed E-state index contributed by atoms with van der Waals surface area (Å²) in [5, 5.41) is 0. The second-order valence-corrected chi connectivity index (χ2v) is 8.02. The maximum atomic E-state index is 13.6. The fourth-order valence-corrected chi connectivity index (χ4v) is 4.17. The van der Waals surface area contributed by atoms with Crippen LogP contribution in [0.3, 0.4) is 0 Å². The highest BCUT2D eigenvalue weighted by atomic mass is 16.5. The number of hydrogen-bond acceptors (Lipinski definition) is 4. The minimum Gasteiger partial charge on any atom is -0.497 e. The molecular formula is C24H32N2O3. The summed E-state index contributed by atoms with van der Waals surface area (Å²) in [5.74, 6) is 1.91. The molecule has 0 bridgehead atoms. The zero-order chi connectivity index (χ0) is 21.0. The fourth-order valence-electron chi connectivity index (χ4n) is 4.17. The summed E-state index contributed by atoms with van der Waals surface area (Å²) < 4.78 is 10.8. The van der Waals surface area contributed by atoms with E-state index in [9.17, 15) is 4.79 Å². The van der Waals surface area contributed by atoms with Crippen LogP contribution in [0.15, 0.2) is 48.5 Å². The van der Waals surface area contributed by atoms with Crippen molar-refractivity contribution in [2.45, 2.75) is 25.8 Å². The minimum atomic E-state index is -0.164. The van der Waals surface area contributed by atoms with Crippen molar-refractivity contribution in [3.63, 3.8) is 0 Å². The lowest BCUT2D eigenvalue weighted by Gasteiger charge is -2.41. The topological polar surface area (TPSA) is 42.0 Å². The van der Waals surface area contributed by atoms with E-state index < -0.39 is 0 Å². The number of piperazine rings is 1. The number of carbonyl (C=O) groups excluding carboxylic acids is 1. The molecule has 1 amide bonds. The molecule has 5 heteroatoms. The first-order valence-electron chi connectivity index (χ1n) is 10.2. The van der Waals surface area contributed by atoms with Gasteiger partial charge in [-0.3, -0.25) is 9.69 Å². The minimum absolute atomic E-state index is 0.118. The molecule has 2 aromatic carbocycles. The molecule has 2 aromatic rings. The first kappa shape index (κ1) is 21.2. The van der Waals surface area contributed by atoms with Crippen molar-refractivity contribution in [1.29, 1.82) is 0 Å². The average molecular weight is 397 g/mol. The quantitative estimate of drug-likeness (QED) is 0.741. The van der Waals surface area contributed by atoms with Crippen LogP contribution in [0.5, 0.6) is 11.5 Å². The number of benzene rings is 2. The molecule has 0 aliphatic carbocycles. The number of rotatable bonds is 6. The van der Waals surface area contributed by atoms with Crippen molar-refractivity contribution < 1.29 is 14.3 Å². The molecule has 0 N–H and O–H groups in total. The molecule has 29 heavy (non-hydrogen) atoms. The first-order valence-corrected chi connectivity index (χ1v) is 10.2. The van der Waals surface area contributed by atoms with Crippen LogP contribution in [-0.4, -0.2) is 56.6 Å². The highest BCUT2D eigenvalue weighted by molar-refractivity contribution is 5.84. The van der Waals surface area contributed by atoms with Crippen LogP contribution >= 0.6 is 0 Å². The van der Waals surface area contributed by atoms with E-state index in [0.717, 1.165) is 35.7 Å². The third-order valence-electron chi connectivity index (χ3n) is 5.87. The molecule has 0 saturated carbocycles. The molecule has 3 rings (SSSR count). The number of methoxy groups -OCH3 is 2. The van der Waals surface area contributed by atoms with Crippen molar-refractivity contribution in [3.05, 3.63) is 59.7 Å². The Morgan fingerprint density at radius 3 is 2.31 bits per heavy atom. The molecule has 2 unspecified atom stereocenters. The Labute approximate surface area is 174 Å². The summed E-state index contributed by atoms with van der Waals surface area (Å²) in [4.78, 5) is 17.9. The average Bonchev–Trinajstić information content (AvgIpc) is 2.74. The lowest BCUT2D eigenvalue weighted by molar-refractivity contribution is -0.136. The fraction of sp³-hybridized carbons (Fsp3) is 0.458. The zero-order valence-electron chi connectivity index (χ0n) is 18.1. The van der Waals surface area contributed by atoms with E-state index in [1.165, 1.54) is 0 Å². The monoisotopic (exact) mass is 396 g/mol. The SMILES string of the molecule is COc1ccc(C(C(=O)N2CCN(C)C(c3ccccc3OC)C2)C(C)C)cc1. The molecule has 1 aliphatic rings. The smallest absolute Gasteiger partial charge is 0.230 e. The Morgan fingerprint density at radius 1 is 1.00 bits per heavy atom. The van der Waals surface area contributed by atoms with E-state index in [2.05, 4.69) is 31.9 Å². The Hall–Kier alpha value is -2.53. The summed E-state index contributed by atoms with van der Waals surface area (Å²) in [5.41, 5.74) is 2.17. The Balaban J connectivity index is 1.84. The molecule has 1 fully saturated rings. The summed E-state index contributed by atoms with van der Waals surface area (Å²) in [6.45, 7) is 6.46. The van der Waals surface area contributed by atoms with Gasteiger partial charge in [0.15, 0.2) is 0 Å². The van der Waals surface area contributed by atoms with Crippen LogP contribution in [0.2, 0.25) is 0 Å². The lowest BCUT2D eigenvalue weighted by Crippen LogP contribution is -2.50. The van der Waals surface area contributed by atoms with Gasteiger partial charge in [-0.25, -0.2) is 0 Å². The maximum Gasteiger partial charge on any atom is 0.230 e. The van der Waals surface area contributed by atoms with E-state index in [1.54, 1.807) is 14.2 Å². The van der Waals surface area contributed by atoms with Crippen LogP contribution in [0.25, 0.3) is 0 Å². The third kappa shape index (κ3) is 4.56. The van der Waals surface area contributed by atoms with Gasteiger partial charge in [-0.15, -0.1) is 0 Å². The van der Waals surface area contributed by atoms with E-state index in [1.807, 2.05) is 47.4 Å². The largest absolute Gasteiger partial charge is 0.497 e. The van der Waals surface area contributed by atoms with E-state index in [0.29, 0.717) is 6.54 Å². The standard InChI is InChI=1S/C24H32N2O3/c1-17(2)23(18-10-12-19(28-4)13-11-18)24(27)26-15-14-25(3)21(16-26)20-8-6-7-9-22(20)29-5/h6-13,17,21,23H,14-16H2,1-5H3. The van der Waals surface area contributed by atoms with E-state index >= 15 is 0 Å². The normalized spacial score (nSPS) is 18.6. The predicted molar refractivity (Wildman–Crippen MR) is 116 cm³/mol. The highest BCUT2D eigenvalue weighted by Crippen LogP contribution is 2.34. The van der Waals surface area contributed by atoms with Gasteiger partial charge in [0.25, 0.3) is 0 Å². The van der Waals surface area contributed by atoms with Gasteiger partial charge in [-0.1, -0.05) is 44.2 Å². The molecule has 5 nitrogen and oxygen atoms in total. The summed E-state index contributed by atoms with van der Waals surface area (Å²) >= 11 is 0. The van der Waals surface area contributed by atoms with Gasteiger partial charge in [0, 0.05) is 25.2 Å². The Bertz CT molecular complexity index is 819. The van der Waals surface area contributed by atoms with Crippen LogP contribution in [0, 0.1) is 5.92 Å². The van der Waals surface area contributed by atoms with Gasteiger partial charge in [0.2, 0.25) is 5.91 Å². The van der Waals surface area contributed by atoms with Gasteiger partial charge >= 0.3 is 0 Å².